The Morgan fingerprint density at radius 3 is 2.84 bits per heavy atom. The molecule has 128 valence electrons. The summed E-state index contributed by atoms with van der Waals surface area (Å²) in [7, 11) is 0. The summed E-state index contributed by atoms with van der Waals surface area (Å²) in [5.74, 6) is 1.64. The molecule has 3 atom stereocenters. The van der Waals surface area contributed by atoms with Crippen LogP contribution in [0.3, 0.4) is 0 Å². The van der Waals surface area contributed by atoms with E-state index in [4.69, 9.17) is 0 Å². The van der Waals surface area contributed by atoms with E-state index in [0.29, 0.717) is 24.0 Å². The van der Waals surface area contributed by atoms with Crippen molar-refractivity contribution in [3.63, 3.8) is 0 Å². The molecule has 1 nitrogen and oxygen atoms in total. The Bertz CT molecular complexity index is 890. The zero-order valence-corrected chi connectivity index (χ0v) is 15.1. The SMILES string of the molecule is CCCCc1cccc2cc3c(cc12)CC1(CC2C=CC1C2)C(=O)C3. The van der Waals surface area contributed by atoms with Crippen LogP contribution in [0.1, 0.15) is 49.3 Å². The molecule has 5 rings (SSSR count). The van der Waals surface area contributed by atoms with Crippen molar-refractivity contribution in [2.45, 2.75) is 51.9 Å². The molecule has 1 saturated carbocycles. The minimum absolute atomic E-state index is 0.0849. The average Bonchev–Trinajstić information content (AvgIpc) is 3.21. The summed E-state index contributed by atoms with van der Waals surface area (Å²) in [6.45, 7) is 2.25. The molecule has 0 aromatic heterocycles. The number of allylic oxidation sites excluding steroid dienone is 2. The molecular weight excluding hydrogens is 304 g/mol. The van der Waals surface area contributed by atoms with E-state index < -0.39 is 0 Å². The Balaban J connectivity index is 1.59. The lowest BCUT2D eigenvalue weighted by Crippen LogP contribution is -2.41. The van der Waals surface area contributed by atoms with E-state index in [0.717, 1.165) is 19.3 Å². The van der Waals surface area contributed by atoms with E-state index in [1.807, 2.05) is 0 Å². The number of unbranched alkanes of at least 4 members (excludes halogenated alkanes) is 1. The monoisotopic (exact) mass is 330 g/mol. The molecule has 3 aliphatic rings. The molecule has 0 heterocycles. The van der Waals surface area contributed by atoms with Gasteiger partial charge in [-0.3, -0.25) is 4.79 Å². The van der Waals surface area contributed by atoms with Gasteiger partial charge in [0.05, 0.1) is 0 Å². The quantitative estimate of drug-likeness (QED) is 0.686. The first-order valence-electron chi connectivity index (χ1n) is 9.94. The van der Waals surface area contributed by atoms with E-state index in [1.165, 1.54) is 46.7 Å². The van der Waals surface area contributed by atoms with Gasteiger partial charge in [0, 0.05) is 11.8 Å². The van der Waals surface area contributed by atoms with Crippen molar-refractivity contribution in [3.05, 3.63) is 59.2 Å². The van der Waals surface area contributed by atoms with Crippen LogP contribution in [0.15, 0.2) is 42.5 Å². The lowest BCUT2D eigenvalue weighted by Gasteiger charge is -2.38. The van der Waals surface area contributed by atoms with Gasteiger partial charge in [0.2, 0.25) is 0 Å². The summed E-state index contributed by atoms with van der Waals surface area (Å²) < 4.78 is 0. The third kappa shape index (κ3) is 2.25. The molecule has 1 spiro atoms. The number of Topliss-reactive ketones (excluding diaryl/α,β-unsaturated/α-hetero) is 1. The number of ketones is 1. The third-order valence-corrected chi connectivity index (χ3v) is 7.01. The number of hydrogen-bond donors (Lipinski definition) is 0. The Kier molecular flexibility index (Phi) is 3.42. The normalized spacial score (nSPS) is 29.7. The van der Waals surface area contributed by atoms with Gasteiger partial charge >= 0.3 is 0 Å². The molecule has 0 radical (unpaired) electrons. The molecule has 0 amide bonds. The maximum atomic E-state index is 13.1. The first-order chi connectivity index (χ1) is 12.2. The highest BCUT2D eigenvalue weighted by Gasteiger charge is 2.54. The molecule has 3 aliphatic carbocycles. The van der Waals surface area contributed by atoms with Crippen molar-refractivity contribution in [1.29, 1.82) is 0 Å². The van der Waals surface area contributed by atoms with Crippen LogP contribution in [0.5, 0.6) is 0 Å². The van der Waals surface area contributed by atoms with E-state index in [1.54, 1.807) is 0 Å². The molecule has 25 heavy (non-hydrogen) atoms. The number of hydrogen-bond acceptors (Lipinski definition) is 1. The fourth-order valence-electron chi connectivity index (χ4n) is 5.66. The van der Waals surface area contributed by atoms with Gasteiger partial charge in [0.25, 0.3) is 0 Å². The minimum Gasteiger partial charge on any atom is -0.299 e. The second-order valence-corrected chi connectivity index (χ2v) is 8.49. The average molecular weight is 330 g/mol. The van der Waals surface area contributed by atoms with Crippen molar-refractivity contribution >= 4 is 16.6 Å². The zero-order valence-electron chi connectivity index (χ0n) is 15.1. The molecule has 2 aromatic rings. The first kappa shape index (κ1) is 15.4. The standard InChI is InChI=1S/C24H26O/c1-2-3-5-17-6-4-7-18-11-19-13-23(25)24(15-20(19)12-22(17)18)14-16-8-9-21(24)10-16/h4,6-9,11-12,16,21H,2-3,5,10,13-15H2,1H3. The number of carbonyl (C=O) groups excluding carboxylic acids is 1. The van der Waals surface area contributed by atoms with Crippen LogP contribution < -0.4 is 0 Å². The summed E-state index contributed by atoms with van der Waals surface area (Å²) in [4.78, 5) is 13.1. The molecule has 1 heteroatoms. The van der Waals surface area contributed by atoms with Gasteiger partial charge in [0.1, 0.15) is 5.78 Å². The van der Waals surface area contributed by atoms with Crippen LogP contribution in [-0.4, -0.2) is 5.78 Å². The second kappa shape index (κ2) is 5.56. The van der Waals surface area contributed by atoms with E-state index >= 15 is 0 Å². The van der Waals surface area contributed by atoms with Gasteiger partial charge in [0.15, 0.2) is 0 Å². The smallest absolute Gasteiger partial charge is 0.144 e. The predicted octanol–water partition coefficient (Wildman–Crippen LogP) is 5.43. The van der Waals surface area contributed by atoms with Crippen molar-refractivity contribution < 1.29 is 4.79 Å². The maximum Gasteiger partial charge on any atom is 0.144 e. The highest BCUT2D eigenvalue weighted by molar-refractivity contribution is 5.94. The third-order valence-electron chi connectivity index (χ3n) is 7.01. The number of rotatable bonds is 3. The Morgan fingerprint density at radius 2 is 2.08 bits per heavy atom. The summed E-state index contributed by atoms with van der Waals surface area (Å²) in [5.41, 5.74) is 4.11. The molecular formula is C24H26O. The van der Waals surface area contributed by atoms with Crippen LogP contribution in [-0.2, 0) is 24.1 Å². The fourth-order valence-corrected chi connectivity index (χ4v) is 5.66. The van der Waals surface area contributed by atoms with Gasteiger partial charge in [-0.15, -0.1) is 0 Å². The van der Waals surface area contributed by atoms with Crippen molar-refractivity contribution in [1.82, 2.24) is 0 Å². The van der Waals surface area contributed by atoms with Crippen LogP contribution in [0.25, 0.3) is 10.8 Å². The number of carbonyl (C=O) groups is 1. The van der Waals surface area contributed by atoms with Crippen molar-refractivity contribution in [2.75, 3.05) is 0 Å². The van der Waals surface area contributed by atoms with Gasteiger partial charge in [-0.25, -0.2) is 0 Å². The minimum atomic E-state index is -0.0849. The molecule has 0 N–H and O–H groups in total. The molecule has 2 aromatic carbocycles. The Hall–Kier alpha value is -1.89. The number of aryl methyl sites for hydroxylation is 1. The molecule has 2 bridgehead atoms. The molecule has 0 aliphatic heterocycles. The number of benzene rings is 2. The summed E-state index contributed by atoms with van der Waals surface area (Å²) in [5, 5.41) is 2.72. The van der Waals surface area contributed by atoms with Crippen LogP contribution in [0.4, 0.5) is 0 Å². The van der Waals surface area contributed by atoms with E-state index in [2.05, 4.69) is 49.4 Å². The highest BCUT2D eigenvalue weighted by Crippen LogP contribution is 2.56. The predicted molar refractivity (Wildman–Crippen MR) is 103 cm³/mol. The van der Waals surface area contributed by atoms with Gasteiger partial charge < -0.3 is 0 Å². The summed E-state index contributed by atoms with van der Waals surface area (Å²) >= 11 is 0. The second-order valence-electron chi connectivity index (χ2n) is 8.49. The molecule has 3 unspecified atom stereocenters. The maximum absolute atomic E-state index is 13.1. The van der Waals surface area contributed by atoms with E-state index in [-0.39, 0.29) is 5.41 Å². The first-order valence-corrected chi connectivity index (χ1v) is 9.94. The lowest BCUT2D eigenvalue weighted by molar-refractivity contribution is -0.130. The zero-order chi connectivity index (χ0) is 17.0. The Labute approximate surface area is 150 Å². The van der Waals surface area contributed by atoms with Crippen molar-refractivity contribution in [2.24, 2.45) is 17.3 Å². The van der Waals surface area contributed by atoms with Gasteiger partial charge in [-0.05, 0) is 71.4 Å². The molecule has 1 fully saturated rings. The summed E-state index contributed by atoms with van der Waals surface area (Å²) in [6, 6.07) is 11.4. The Morgan fingerprint density at radius 1 is 1.16 bits per heavy atom. The van der Waals surface area contributed by atoms with Gasteiger partial charge in [-0.2, -0.15) is 0 Å². The van der Waals surface area contributed by atoms with Crippen LogP contribution in [0, 0.1) is 17.3 Å². The van der Waals surface area contributed by atoms with Crippen LogP contribution in [0.2, 0.25) is 0 Å². The lowest BCUT2D eigenvalue weighted by atomic mass is 9.63. The number of fused-ring (bicyclic) bond motifs is 5. The summed E-state index contributed by atoms with van der Waals surface area (Å²) in [6.07, 6.45) is 12.2. The van der Waals surface area contributed by atoms with Crippen molar-refractivity contribution in [3.8, 4) is 0 Å². The highest BCUT2D eigenvalue weighted by atomic mass is 16.1. The van der Waals surface area contributed by atoms with Crippen LogP contribution >= 0.6 is 0 Å². The fraction of sp³-hybridized carbons (Fsp3) is 0.458. The molecule has 0 saturated heterocycles. The largest absolute Gasteiger partial charge is 0.299 e. The van der Waals surface area contributed by atoms with E-state index in [9.17, 15) is 4.79 Å². The topological polar surface area (TPSA) is 17.1 Å². The van der Waals surface area contributed by atoms with Gasteiger partial charge in [-0.1, -0.05) is 55.8 Å².